The molecule has 0 fully saturated rings. The van der Waals surface area contributed by atoms with Gasteiger partial charge in [-0.1, -0.05) is 60.7 Å². The molecule has 39 heavy (non-hydrogen) atoms. The smallest absolute Gasteiger partial charge is 0.319 e. The number of hydrogen-bond donors (Lipinski definition) is 1. The van der Waals surface area contributed by atoms with E-state index in [1.165, 1.54) is 23.1 Å². The molecule has 0 saturated carbocycles. The summed E-state index contributed by atoms with van der Waals surface area (Å²) < 4.78 is 58.2. The predicted octanol–water partition coefficient (Wildman–Crippen LogP) is 6.20. The Bertz CT molecular complexity index is 1850. The second-order valence-corrected chi connectivity index (χ2v) is 8.82. The van der Waals surface area contributed by atoms with Gasteiger partial charge in [0.25, 0.3) is 5.91 Å². The molecule has 0 unspecified atom stereocenters. The Balaban J connectivity index is 1.38. The largest absolute Gasteiger partial charge is 0.433 e. The van der Waals surface area contributed by atoms with Crippen LogP contribution in [-0.2, 0) is 12.7 Å². The van der Waals surface area contributed by atoms with E-state index < -0.39 is 23.6 Å². The van der Waals surface area contributed by atoms with Crippen LogP contribution in [0.4, 0.5) is 23.2 Å². The molecular weight excluding hydrogens is 512 g/mol. The summed E-state index contributed by atoms with van der Waals surface area (Å²) in [4.78, 5) is 17.6. The van der Waals surface area contributed by atoms with E-state index in [0.717, 1.165) is 23.0 Å². The van der Waals surface area contributed by atoms with E-state index in [-0.39, 0.29) is 29.1 Å². The SMILES string of the molecule is O=C(Nc1cnn(Cc2ccccc2F)c1)c1cnn2c(C(F)(F)F)cc(-c3cccc4ccccc34)nc12. The molecule has 1 amide bonds. The fraction of sp³-hybridized carbons (Fsp3) is 0.0714. The highest BCUT2D eigenvalue weighted by Gasteiger charge is 2.36. The molecule has 7 nitrogen and oxygen atoms in total. The number of nitrogens with one attached hydrogen (secondary N) is 1. The fourth-order valence-electron chi connectivity index (χ4n) is 4.43. The Morgan fingerprint density at radius 3 is 2.51 bits per heavy atom. The van der Waals surface area contributed by atoms with Crippen LogP contribution in [0.5, 0.6) is 0 Å². The quantitative estimate of drug-likeness (QED) is 0.269. The summed E-state index contributed by atoms with van der Waals surface area (Å²) >= 11 is 0. The summed E-state index contributed by atoms with van der Waals surface area (Å²) in [5.74, 6) is -1.11. The molecule has 0 radical (unpaired) electrons. The van der Waals surface area contributed by atoms with Crippen molar-refractivity contribution in [1.29, 1.82) is 0 Å². The van der Waals surface area contributed by atoms with Crippen molar-refractivity contribution in [2.75, 3.05) is 5.32 Å². The van der Waals surface area contributed by atoms with Gasteiger partial charge in [0.05, 0.1) is 30.3 Å². The van der Waals surface area contributed by atoms with E-state index in [4.69, 9.17) is 0 Å². The van der Waals surface area contributed by atoms with Crippen LogP contribution in [0, 0.1) is 5.82 Å². The first-order chi connectivity index (χ1) is 18.8. The molecule has 0 aliphatic heterocycles. The summed E-state index contributed by atoms with van der Waals surface area (Å²) in [7, 11) is 0. The number of benzene rings is 3. The van der Waals surface area contributed by atoms with Gasteiger partial charge >= 0.3 is 6.18 Å². The van der Waals surface area contributed by atoms with Gasteiger partial charge in [-0.05, 0) is 22.9 Å². The molecular formula is C28H18F4N6O. The van der Waals surface area contributed by atoms with Crippen LogP contribution in [-0.4, -0.2) is 30.3 Å². The molecule has 3 aromatic heterocycles. The minimum Gasteiger partial charge on any atom is -0.319 e. The molecule has 0 aliphatic carbocycles. The summed E-state index contributed by atoms with van der Waals surface area (Å²) in [6, 6.07) is 19.7. The number of anilines is 1. The third kappa shape index (κ3) is 4.58. The normalized spacial score (nSPS) is 11.8. The molecule has 0 saturated heterocycles. The monoisotopic (exact) mass is 530 g/mol. The predicted molar refractivity (Wildman–Crippen MR) is 137 cm³/mol. The molecule has 0 spiro atoms. The van der Waals surface area contributed by atoms with Crippen LogP contribution < -0.4 is 5.32 Å². The standard InChI is InChI=1S/C28H18F4N6O/c29-23-11-4-2-7-18(23)15-37-16-19(13-33-37)35-27(39)22-14-34-38-25(28(30,31)32)12-24(36-26(22)38)21-10-5-8-17-6-1-3-9-20(17)21/h1-14,16H,15H2,(H,35,39). The molecule has 3 aromatic carbocycles. The van der Waals surface area contributed by atoms with Crippen molar-refractivity contribution in [3.8, 4) is 11.3 Å². The Morgan fingerprint density at radius 2 is 1.69 bits per heavy atom. The zero-order valence-electron chi connectivity index (χ0n) is 20.0. The summed E-state index contributed by atoms with van der Waals surface area (Å²) in [5.41, 5.74) is -0.231. The number of nitrogens with zero attached hydrogens (tertiary/aromatic N) is 5. The van der Waals surface area contributed by atoms with Crippen molar-refractivity contribution in [2.24, 2.45) is 0 Å². The summed E-state index contributed by atoms with van der Waals surface area (Å²) in [6.07, 6.45) is -0.857. The van der Waals surface area contributed by atoms with Gasteiger partial charge in [-0.15, -0.1) is 0 Å². The van der Waals surface area contributed by atoms with E-state index in [1.54, 1.807) is 42.5 Å². The van der Waals surface area contributed by atoms with Crippen LogP contribution in [0.3, 0.4) is 0 Å². The second kappa shape index (κ2) is 9.35. The Labute approximate surface area is 218 Å². The fourth-order valence-corrected chi connectivity index (χ4v) is 4.43. The van der Waals surface area contributed by atoms with Crippen molar-refractivity contribution in [3.05, 3.63) is 114 Å². The Morgan fingerprint density at radius 1 is 0.923 bits per heavy atom. The lowest BCUT2D eigenvalue weighted by Gasteiger charge is -2.13. The lowest BCUT2D eigenvalue weighted by atomic mass is 10.0. The van der Waals surface area contributed by atoms with Gasteiger partial charge in [0, 0.05) is 17.3 Å². The van der Waals surface area contributed by atoms with Crippen LogP contribution in [0.1, 0.15) is 21.6 Å². The number of halogens is 4. The van der Waals surface area contributed by atoms with Crippen LogP contribution in [0.25, 0.3) is 27.7 Å². The van der Waals surface area contributed by atoms with E-state index in [1.807, 2.05) is 18.2 Å². The maximum absolute atomic E-state index is 14.1. The van der Waals surface area contributed by atoms with E-state index in [2.05, 4.69) is 20.5 Å². The molecule has 6 rings (SSSR count). The third-order valence-corrected chi connectivity index (χ3v) is 6.25. The van der Waals surface area contributed by atoms with Gasteiger partial charge in [0.2, 0.25) is 0 Å². The van der Waals surface area contributed by atoms with Crippen molar-refractivity contribution in [3.63, 3.8) is 0 Å². The van der Waals surface area contributed by atoms with Crippen LogP contribution in [0.15, 0.2) is 91.4 Å². The highest BCUT2D eigenvalue weighted by molar-refractivity contribution is 6.08. The lowest BCUT2D eigenvalue weighted by molar-refractivity contribution is -0.142. The first-order valence-electron chi connectivity index (χ1n) is 11.8. The summed E-state index contributed by atoms with van der Waals surface area (Å²) in [6.45, 7) is 0.129. The highest BCUT2D eigenvalue weighted by atomic mass is 19.4. The van der Waals surface area contributed by atoms with Gasteiger partial charge in [-0.25, -0.2) is 13.9 Å². The Hall–Kier alpha value is -5.06. The number of amides is 1. The number of fused-ring (bicyclic) bond motifs is 2. The van der Waals surface area contributed by atoms with Gasteiger partial charge in [-0.3, -0.25) is 9.48 Å². The van der Waals surface area contributed by atoms with E-state index in [0.29, 0.717) is 15.6 Å². The van der Waals surface area contributed by atoms with Crippen molar-refractivity contribution in [2.45, 2.75) is 12.7 Å². The molecule has 11 heteroatoms. The maximum atomic E-state index is 14.1. The van der Waals surface area contributed by atoms with Crippen molar-refractivity contribution in [1.82, 2.24) is 24.4 Å². The van der Waals surface area contributed by atoms with Gasteiger partial charge in [-0.2, -0.15) is 23.4 Å². The van der Waals surface area contributed by atoms with E-state index in [9.17, 15) is 22.4 Å². The molecule has 0 aliphatic rings. The maximum Gasteiger partial charge on any atom is 0.433 e. The topological polar surface area (TPSA) is 77.1 Å². The third-order valence-electron chi connectivity index (χ3n) is 6.25. The number of alkyl halides is 3. The molecule has 194 valence electrons. The lowest BCUT2D eigenvalue weighted by Crippen LogP contribution is -2.15. The minimum absolute atomic E-state index is 0.0545. The number of hydrogen-bond acceptors (Lipinski definition) is 4. The molecule has 0 bridgehead atoms. The zero-order chi connectivity index (χ0) is 27.1. The number of carbonyl (C=O) groups excluding carboxylic acids is 1. The van der Waals surface area contributed by atoms with Gasteiger partial charge in [0.15, 0.2) is 11.3 Å². The molecule has 0 atom stereocenters. The van der Waals surface area contributed by atoms with Crippen molar-refractivity contribution < 1.29 is 22.4 Å². The van der Waals surface area contributed by atoms with Crippen molar-refractivity contribution >= 4 is 28.0 Å². The van der Waals surface area contributed by atoms with Crippen LogP contribution >= 0.6 is 0 Å². The average molecular weight is 530 g/mol. The molecule has 1 N–H and O–H groups in total. The average Bonchev–Trinajstić information content (AvgIpc) is 3.55. The molecule has 3 heterocycles. The second-order valence-electron chi connectivity index (χ2n) is 8.82. The number of carbonyl (C=O) groups is 1. The first-order valence-corrected chi connectivity index (χ1v) is 11.8. The van der Waals surface area contributed by atoms with E-state index >= 15 is 0 Å². The first kappa shape index (κ1) is 24.3. The highest BCUT2D eigenvalue weighted by Crippen LogP contribution is 2.35. The molecule has 6 aromatic rings. The van der Waals surface area contributed by atoms with Crippen LogP contribution in [0.2, 0.25) is 0 Å². The Kier molecular flexibility index (Phi) is 5.82. The van der Waals surface area contributed by atoms with Gasteiger partial charge in [0.1, 0.15) is 11.4 Å². The van der Waals surface area contributed by atoms with Gasteiger partial charge < -0.3 is 5.32 Å². The number of aromatic nitrogens is 5. The summed E-state index contributed by atoms with van der Waals surface area (Å²) in [5, 5.41) is 12.1. The minimum atomic E-state index is -4.76. The number of rotatable bonds is 5. The zero-order valence-corrected chi connectivity index (χ0v) is 20.0.